The monoisotopic (exact) mass is 383 g/mol. The topological polar surface area (TPSA) is 31.4 Å². The van der Waals surface area contributed by atoms with Gasteiger partial charge in [-0.1, -0.05) is 24.3 Å². The van der Waals surface area contributed by atoms with E-state index in [0.29, 0.717) is 6.61 Å². The molecule has 1 unspecified atom stereocenters. The molecule has 1 aromatic carbocycles. The SMILES string of the molecule is Ic1c(CCOC2CCCCO2)ncc2ccccc12. The molecule has 1 atom stereocenters. The van der Waals surface area contributed by atoms with Crippen molar-refractivity contribution in [2.24, 2.45) is 0 Å². The van der Waals surface area contributed by atoms with E-state index < -0.39 is 0 Å². The molecule has 1 aliphatic heterocycles. The highest BCUT2D eigenvalue weighted by atomic mass is 127. The van der Waals surface area contributed by atoms with Gasteiger partial charge in [0.15, 0.2) is 6.29 Å². The summed E-state index contributed by atoms with van der Waals surface area (Å²) in [6.45, 7) is 1.50. The van der Waals surface area contributed by atoms with Crippen LogP contribution in [-0.2, 0) is 15.9 Å². The number of hydrogen-bond acceptors (Lipinski definition) is 3. The molecule has 2 aromatic rings. The smallest absolute Gasteiger partial charge is 0.157 e. The molecule has 0 saturated carbocycles. The molecule has 1 aliphatic rings. The van der Waals surface area contributed by atoms with Crippen LogP contribution in [-0.4, -0.2) is 24.5 Å². The van der Waals surface area contributed by atoms with E-state index in [-0.39, 0.29) is 6.29 Å². The van der Waals surface area contributed by atoms with E-state index in [4.69, 9.17) is 9.47 Å². The van der Waals surface area contributed by atoms with Crippen LogP contribution in [0.5, 0.6) is 0 Å². The summed E-state index contributed by atoms with van der Waals surface area (Å²) < 4.78 is 12.6. The lowest BCUT2D eigenvalue weighted by Crippen LogP contribution is -2.23. The van der Waals surface area contributed by atoms with Crippen LogP contribution in [0.25, 0.3) is 10.8 Å². The van der Waals surface area contributed by atoms with E-state index in [9.17, 15) is 0 Å². The summed E-state index contributed by atoms with van der Waals surface area (Å²) in [5, 5.41) is 2.46. The lowest BCUT2D eigenvalue weighted by atomic mass is 10.1. The summed E-state index contributed by atoms with van der Waals surface area (Å²) in [6.07, 6.45) is 6.15. The average molecular weight is 383 g/mol. The zero-order chi connectivity index (χ0) is 13.8. The molecule has 2 heterocycles. The fourth-order valence-corrected chi connectivity index (χ4v) is 3.37. The highest BCUT2D eigenvalue weighted by Gasteiger charge is 2.14. The van der Waals surface area contributed by atoms with Gasteiger partial charge in [-0.25, -0.2) is 0 Å². The fourth-order valence-electron chi connectivity index (χ4n) is 2.47. The molecule has 0 bridgehead atoms. The number of halogens is 1. The number of nitrogens with zero attached hydrogens (tertiary/aromatic N) is 1. The third kappa shape index (κ3) is 3.30. The van der Waals surface area contributed by atoms with Gasteiger partial charge in [0.2, 0.25) is 0 Å². The van der Waals surface area contributed by atoms with Gasteiger partial charge in [-0.2, -0.15) is 0 Å². The van der Waals surface area contributed by atoms with Crippen molar-refractivity contribution in [2.75, 3.05) is 13.2 Å². The minimum Gasteiger partial charge on any atom is -0.353 e. The van der Waals surface area contributed by atoms with Crippen molar-refractivity contribution in [1.29, 1.82) is 0 Å². The molecule has 0 aliphatic carbocycles. The van der Waals surface area contributed by atoms with Crippen LogP contribution in [0.4, 0.5) is 0 Å². The van der Waals surface area contributed by atoms with Crippen molar-refractivity contribution in [3.05, 3.63) is 39.7 Å². The first-order valence-electron chi connectivity index (χ1n) is 7.10. The Morgan fingerprint density at radius 1 is 1.30 bits per heavy atom. The molecule has 106 valence electrons. The number of rotatable bonds is 4. The molecule has 0 radical (unpaired) electrons. The second-order valence-corrected chi connectivity index (χ2v) is 6.10. The third-order valence-electron chi connectivity index (χ3n) is 3.59. The minimum absolute atomic E-state index is 0.0122. The van der Waals surface area contributed by atoms with Gasteiger partial charge in [0, 0.05) is 28.2 Å². The lowest BCUT2D eigenvalue weighted by molar-refractivity contribution is -0.161. The second kappa shape index (κ2) is 6.83. The van der Waals surface area contributed by atoms with Gasteiger partial charge in [-0.05, 0) is 47.2 Å². The summed E-state index contributed by atoms with van der Waals surface area (Å²) in [5.41, 5.74) is 1.11. The summed E-state index contributed by atoms with van der Waals surface area (Å²) in [6, 6.07) is 8.36. The van der Waals surface area contributed by atoms with Gasteiger partial charge >= 0.3 is 0 Å². The Kier molecular flexibility index (Phi) is 4.86. The van der Waals surface area contributed by atoms with E-state index in [2.05, 4.69) is 45.8 Å². The van der Waals surface area contributed by atoms with E-state index in [1.54, 1.807) is 0 Å². The van der Waals surface area contributed by atoms with Gasteiger partial charge in [0.05, 0.1) is 12.3 Å². The first kappa shape index (κ1) is 14.2. The standard InChI is InChI=1S/C16H18INO2/c17-16-13-6-2-1-5-12(13)11-18-14(16)8-10-20-15-7-3-4-9-19-15/h1-2,5-6,11,15H,3-4,7-10H2. The van der Waals surface area contributed by atoms with Gasteiger partial charge in [0.25, 0.3) is 0 Å². The number of ether oxygens (including phenoxy) is 2. The van der Waals surface area contributed by atoms with Crippen LogP contribution in [0.1, 0.15) is 25.0 Å². The molecule has 0 spiro atoms. The second-order valence-electron chi connectivity index (χ2n) is 5.02. The zero-order valence-electron chi connectivity index (χ0n) is 11.3. The maximum absolute atomic E-state index is 5.79. The van der Waals surface area contributed by atoms with E-state index in [0.717, 1.165) is 31.6 Å². The summed E-state index contributed by atoms with van der Waals surface area (Å²) in [7, 11) is 0. The molecule has 20 heavy (non-hydrogen) atoms. The molecule has 3 rings (SSSR count). The van der Waals surface area contributed by atoms with Crippen LogP contribution < -0.4 is 0 Å². The van der Waals surface area contributed by atoms with Crippen molar-refractivity contribution in [3.63, 3.8) is 0 Å². The maximum Gasteiger partial charge on any atom is 0.157 e. The Morgan fingerprint density at radius 2 is 2.20 bits per heavy atom. The number of benzene rings is 1. The lowest BCUT2D eigenvalue weighted by Gasteiger charge is -2.22. The first-order valence-corrected chi connectivity index (χ1v) is 8.18. The summed E-state index contributed by atoms with van der Waals surface area (Å²) in [4.78, 5) is 4.56. The van der Waals surface area contributed by atoms with Crippen molar-refractivity contribution in [1.82, 2.24) is 4.98 Å². The Morgan fingerprint density at radius 3 is 3.05 bits per heavy atom. The van der Waals surface area contributed by atoms with E-state index >= 15 is 0 Å². The van der Waals surface area contributed by atoms with Gasteiger partial charge in [0.1, 0.15) is 0 Å². The van der Waals surface area contributed by atoms with Crippen LogP contribution in [0.2, 0.25) is 0 Å². The van der Waals surface area contributed by atoms with E-state index in [1.807, 2.05) is 12.3 Å². The predicted molar refractivity (Wildman–Crippen MR) is 87.7 cm³/mol. The number of aromatic nitrogens is 1. The summed E-state index contributed by atoms with van der Waals surface area (Å²) >= 11 is 2.38. The van der Waals surface area contributed by atoms with Gasteiger partial charge in [-0.3, -0.25) is 4.98 Å². The van der Waals surface area contributed by atoms with Crippen LogP contribution >= 0.6 is 22.6 Å². The highest BCUT2D eigenvalue weighted by Crippen LogP contribution is 2.23. The van der Waals surface area contributed by atoms with Crippen molar-refractivity contribution in [3.8, 4) is 0 Å². The molecular formula is C16H18INO2. The van der Waals surface area contributed by atoms with Gasteiger partial charge < -0.3 is 9.47 Å². The average Bonchev–Trinajstić information content (AvgIpc) is 2.51. The van der Waals surface area contributed by atoms with Crippen molar-refractivity contribution >= 4 is 33.4 Å². The number of hydrogen-bond donors (Lipinski definition) is 0. The quantitative estimate of drug-likeness (QED) is 0.750. The number of pyridine rings is 1. The fraction of sp³-hybridized carbons (Fsp3) is 0.438. The highest BCUT2D eigenvalue weighted by molar-refractivity contribution is 14.1. The van der Waals surface area contributed by atoms with Crippen LogP contribution in [0.15, 0.2) is 30.5 Å². The molecule has 0 N–H and O–H groups in total. The Bertz CT molecular complexity index is 582. The molecule has 4 heteroatoms. The van der Waals surface area contributed by atoms with Crippen molar-refractivity contribution < 1.29 is 9.47 Å². The van der Waals surface area contributed by atoms with Gasteiger partial charge in [-0.15, -0.1) is 0 Å². The molecule has 3 nitrogen and oxygen atoms in total. The zero-order valence-corrected chi connectivity index (χ0v) is 13.5. The molecule has 1 fully saturated rings. The summed E-state index contributed by atoms with van der Waals surface area (Å²) in [5.74, 6) is 0. The molecule has 1 saturated heterocycles. The van der Waals surface area contributed by atoms with Crippen LogP contribution in [0.3, 0.4) is 0 Å². The minimum atomic E-state index is -0.0122. The van der Waals surface area contributed by atoms with Crippen molar-refractivity contribution in [2.45, 2.75) is 32.0 Å². The maximum atomic E-state index is 5.79. The normalized spacial score (nSPS) is 19.4. The Balaban J connectivity index is 1.63. The Hall–Kier alpha value is -0.720. The molecular weight excluding hydrogens is 365 g/mol. The molecule has 1 aromatic heterocycles. The molecule has 0 amide bonds. The largest absolute Gasteiger partial charge is 0.353 e. The Labute approximate surface area is 132 Å². The number of fused-ring (bicyclic) bond motifs is 1. The first-order chi connectivity index (χ1) is 9.84. The third-order valence-corrected chi connectivity index (χ3v) is 4.79. The van der Waals surface area contributed by atoms with Crippen LogP contribution in [0, 0.1) is 3.57 Å². The van der Waals surface area contributed by atoms with E-state index in [1.165, 1.54) is 20.8 Å². The predicted octanol–water partition coefficient (Wildman–Crippen LogP) is 3.93.